The molecule has 1 unspecified atom stereocenters. The lowest BCUT2D eigenvalue weighted by atomic mass is 10.1. The van der Waals surface area contributed by atoms with Crippen molar-refractivity contribution in [1.29, 1.82) is 0 Å². The normalized spacial score (nSPS) is 15.4. The first-order chi connectivity index (χ1) is 9.02. The van der Waals surface area contributed by atoms with E-state index in [1.165, 1.54) is 14.2 Å². The molecule has 122 valence electrons. The molecule has 0 aliphatic heterocycles. The molecule has 1 atom stereocenters. The first-order valence-electron chi connectivity index (χ1n) is 5.85. The van der Waals surface area contributed by atoms with E-state index in [2.05, 4.69) is 0 Å². The minimum absolute atomic E-state index is 0.201. The summed E-state index contributed by atoms with van der Waals surface area (Å²) in [5, 5.41) is 0. The fourth-order valence-electron chi connectivity index (χ4n) is 1.43. The Labute approximate surface area is 114 Å². The zero-order valence-corrected chi connectivity index (χ0v) is 12.4. The maximum Gasteiger partial charge on any atom is 0.500 e. The Morgan fingerprint density at radius 2 is 1.55 bits per heavy atom. The van der Waals surface area contributed by atoms with E-state index in [-0.39, 0.29) is 6.04 Å². The van der Waals surface area contributed by atoms with E-state index in [0.29, 0.717) is 6.42 Å². The van der Waals surface area contributed by atoms with Gasteiger partial charge in [-0.1, -0.05) is 13.3 Å². The number of alkyl halides is 6. The van der Waals surface area contributed by atoms with Gasteiger partial charge >= 0.3 is 20.9 Å². The molecule has 0 aromatic rings. The van der Waals surface area contributed by atoms with Crippen LogP contribution in [0.25, 0.3) is 0 Å². The second-order valence-electron chi connectivity index (χ2n) is 4.18. The highest BCUT2D eigenvalue weighted by Crippen LogP contribution is 2.33. The molecule has 10 heteroatoms. The van der Waals surface area contributed by atoms with Crippen LogP contribution in [0.4, 0.5) is 26.3 Å². The van der Waals surface area contributed by atoms with Crippen molar-refractivity contribution in [1.82, 2.24) is 0 Å². The molecule has 0 amide bonds. The SMILES string of the molecule is CCC[Si](OC)(OC)OCC(F)(F)C(F)CC(F)(F)F. The summed E-state index contributed by atoms with van der Waals surface area (Å²) in [7, 11) is -1.01. The third-order valence-electron chi connectivity index (χ3n) is 2.53. The molecule has 0 aromatic carbocycles. The van der Waals surface area contributed by atoms with E-state index in [1.54, 1.807) is 6.92 Å². The topological polar surface area (TPSA) is 27.7 Å². The standard InChI is InChI=1S/C10H18F6O3Si/c1-4-5-20(17-2,18-3)19-7-9(12,13)8(11)6-10(14,15)16/h8H,4-7H2,1-3H3. The molecule has 0 heterocycles. The summed E-state index contributed by atoms with van der Waals surface area (Å²) in [6, 6.07) is 0.201. The van der Waals surface area contributed by atoms with Crippen LogP contribution in [-0.2, 0) is 13.3 Å². The summed E-state index contributed by atoms with van der Waals surface area (Å²) >= 11 is 0. The third kappa shape index (κ3) is 6.42. The van der Waals surface area contributed by atoms with Gasteiger partial charge in [-0.15, -0.1) is 0 Å². The summed E-state index contributed by atoms with van der Waals surface area (Å²) in [5.74, 6) is -4.27. The molecule has 0 saturated carbocycles. The second kappa shape index (κ2) is 7.62. The van der Waals surface area contributed by atoms with E-state index >= 15 is 0 Å². The summed E-state index contributed by atoms with van der Waals surface area (Å²) in [5.41, 5.74) is 0. The fourth-order valence-corrected chi connectivity index (χ4v) is 3.41. The number of rotatable bonds is 9. The molecule has 0 fully saturated rings. The molecule has 0 bridgehead atoms. The average Bonchev–Trinajstić information content (AvgIpc) is 2.32. The highest BCUT2D eigenvalue weighted by molar-refractivity contribution is 6.60. The van der Waals surface area contributed by atoms with E-state index in [9.17, 15) is 26.3 Å². The summed E-state index contributed by atoms with van der Waals surface area (Å²) in [4.78, 5) is 0. The van der Waals surface area contributed by atoms with Gasteiger partial charge in [-0.05, 0) is 0 Å². The van der Waals surface area contributed by atoms with Gasteiger partial charge in [0.15, 0.2) is 6.17 Å². The first kappa shape index (κ1) is 19.7. The third-order valence-corrected chi connectivity index (χ3v) is 5.47. The summed E-state index contributed by atoms with van der Waals surface area (Å²) in [6.07, 6.45) is -10.1. The van der Waals surface area contributed by atoms with E-state index in [4.69, 9.17) is 13.3 Å². The van der Waals surface area contributed by atoms with Crippen molar-refractivity contribution in [2.75, 3.05) is 20.8 Å². The van der Waals surface area contributed by atoms with Crippen molar-refractivity contribution < 1.29 is 39.6 Å². The van der Waals surface area contributed by atoms with Crippen molar-refractivity contribution in [2.24, 2.45) is 0 Å². The predicted octanol–water partition coefficient (Wildman–Crippen LogP) is 3.57. The second-order valence-corrected chi connectivity index (χ2v) is 7.15. The Kier molecular flexibility index (Phi) is 7.50. The number of hydrogen-bond donors (Lipinski definition) is 0. The molecule has 0 saturated heterocycles. The lowest BCUT2D eigenvalue weighted by molar-refractivity contribution is -0.186. The van der Waals surface area contributed by atoms with Gasteiger partial charge in [0.1, 0.15) is 6.61 Å². The summed E-state index contributed by atoms with van der Waals surface area (Å²) in [6.45, 7) is 0.209. The van der Waals surface area contributed by atoms with Crippen LogP contribution < -0.4 is 0 Å². The molecular formula is C10H18F6O3Si. The molecular weight excluding hydrogens is 310 g/mol. The van der Waals surface area contributed by atoms with Crippen LogP contribution >= 0.6 is 0 Å². The quantitative estimate of drug-likeness (QED) is 0.478. The van der Waals surface area contributed by atoms with Gasteiger partial charge < -0.3 is 13.3 Å². The Bertz CT molecular complexity index is 283. The first-order valence-corrected chi connectivity index (χ1v) is 7.78. The van der Waals surface area contributed by atoms with E-state index in [1.807, 2.05) is 0 Å². The van der Waals surface area contributed by atoms with Crippen molar-refractivity contribution in [3.63, 3.8) is 0 Å². The molecule has 0 radical (unpaired) electrons. The van der Waals surface area contributed by atoms with E-state index in [0.717, 1.165) is 0 Å². The summed E-state index contributed by atoms with van der Waals surface area (Å²) < 4.78 is 90.0. The molecule has 0 aliphatic carbocycles. The fraction of sp³-hybridized carbons (Fsp3) is 1.00. The van der Waals surface area contributed by atoms with Crippen LogP contribution in [-0.4, -0.2) is 47.9 Å². The number of hydrogen-bond acceptors (Lipinski definition) is 3. The molecule has 0 spiro atoms. The largest absolute Gasteiger partial charge is 0.500 e. The molecule has 0 aliphatic rings. The van der Waals surface area contributed by atoms with Gasteiger partial charge in [0.05, 0.1) is 6.42 Å². The van der Waals surface area contributed by atoms with Gasteiger partial charge in [-0.3, -0.25) is 0 Å². The van der Waals surface area contributed by atoms with Crippen molar-refractivity contribution >= 4 is 8.80 Å². The van der Waals surface area contributed by atoms with Crippen LogP contribution in [0.5, 0.6) is 0 Å². The zero-order valence-electron chi connectivity index (χ0n) is 11.4. The lowest BCUT2D eigenvalue weighted by Crippen LogP contribution is -2.48. The van der Waals surface area contributed by atoms with Crippen LogP contribution in [0, 0.1) is 0 Å². The Morgan fingerprint density at radius 3 is 1.90 bits per heavy atom. The Balaban J connectivity index is 4.66. The molecule has 3 nitrogen and oxygen atoms in total. The van der Waals surface area contributed by atoms with Crippen LogP contribution in [0.2, 0.25) is 6.04 Å². The molecule has 0 rings (SSSR count). The zero-order chi connectivity index (χ0) is 16.0. The average molecular weight is 328 g/mol. The number of halogens is 6. The van der Waals surface area contributed by atoms with Gasteiger partial charge in [-0.25, -0.2) is 13.2 Å². The maximum atomic E-state index is 13.3. The van der Waals surface area contributed by atoms with Gasteiger partial charge in [0, 0.05) is 20.3 Å². The van der Waals surface area contributed by atoms with Crippen molar-refractivity contribution in [3.8, 4) is 0 Å². The molecule has 0 N–H and O–H groups in total. The smallest absolute Gasteiger partial charge is 0.377 e. The maximum absolute atomic E-state index is 13.3. The van der Waals surface area contributed by atoms with Gasteiger partial charge in [-0.2, -0.15) is 13.2 Å². The van der Waals surface area contributed by atoms with Crippen molar-refractivity contribution in [3.05, 3.63) is 0 Å². The minimum atomic E-state index is -5.01. The van der Waals surface area contributed by atoms with Gasteiger partial charge in [0.25, 0.3) is 0 Å². The van der Waals surface area contributed by atoms with Crippen LogP contribution in [0.15, 0.2) is 0 Å². The van der Waals surface area contributed by atoms with Gasteiger partial charge in [0.2, 0.25) is 0 Å². The Hall–Kier alpha value is -0.323. The minimum Gasteiger partial charge on any atom is -0.377 e. The van der Waals surface area contributed by atoms with Crippen molar-refractivity contribution in [2.45, 2.75) is 44.1 Å². The highest BCUT2D eigenvalue weighted by atomic mass is 28.4. The molecule has 20 heavy (non-hydrogen) atoms. The predicted molar refractivity (Wildman–Crippen MR) is 61.3 cm³/mol. The van der Waals surface area contributed by atoms with Crippen LogP contribution in [0.3, 0.4) is 0 Å². The Morgan fingerprint density at radius 1 is 1.05 bits per heavy atom. The van der Waals surface area contributed by atoms with E-state index < -0.39 is 40.1 Å². The molecule has 0 aromatic heterocycles. The highest BCUT2D eigenvalue weighted by Gasteiger charge is 2.49. The monoisotopic (exact) mass is 328 g/mol. The van der Waals surface area contributed by atoms with Crippen LogP contribution in [0.1, 0.15) is 19.8 Å². The lowest BCUT2D eigenvalue weighted by Gasteiger charge is -2.29.